The van der Waals surface area contributed by atoms with E-state index in [2.05, 4.69) is 0 Å². The van der Waals surface area contributed by atoms with Gasteiger partial charge in [-0.15, -0.1) is 0 Å². The van der Waals surface area contributed by atoms with Crippen molar-refractivity contribution in [1.29, 1.82) is 0 Å². The summed E-state index contributed by atoms with van der Waals surface area (Å²) in [7, 11) is 0. The quantitative estimate of drug-likeness (QED) is 0.159. The summed E-state index contributed by atoms with van der Waals surface area (Å²) in [5.41, 5.74) is 0.522. The first-order chi connectivity index (χ1) is 40.4. The Bertz CT molecular complexity index is 5130. The lowest BCUT2D eigenvalue weighted by Crippen LogP contribution is -2.01. The Balaban J connectivity index is 1.30. The van der Waals surface area contributed by atoms with E-state index in [0.717, 1.165) is 20.3 Å². The van der Waals surface area contributed by atoms with Crippen molar-refractivity contribution in [3.63, 3.8) is 0 Å². The molecule has 0 amide bonds. The Labute approximate surface area is 395 Å². The first-order valence-corrected chi connectivity index (χ1v) is 19.9. The molecule has 3 aromatic heterocycles. The minimum absolute atomic E-state index is 0.196. The highest BCUT2D eigenvalue weighted by Gasteiger charge is 2.23. The van der Waals surface area contributed by atoms with Crippen LogP contribution in [0.5, 0.6) is 0 Å². The normalized spacial score (nSPS) is 16.7. The van der Waals surface area contributed by atoms with Crippen LogP contribution in [0.15, 0.2) is 236 Å². The summed E-state index contributed by atoms with van der Waals surface area (Å²) in [6, 6.07) is 14.2. The second kappa shape index (κ2) is 14.1. The van der Waals surface area contributed by atoms with Gasteiger partial charge in [0.05, 0.1) is 74.6 Å². The number of hydrogen-bond donors (Lipinski definition) is 0. The van der Waals surface area contributed by atoms with Gasteiger partial charge in [-0.25, -0.2) is 0 Å². The third-order valence-electron chi connectivity index (χ3n) is 11.5. The van der Waals surface area contributed by atoms with Crippen LogP contribution in [0.4, 0.5) is 0 Å². The topological polar surface area (TPSA) is 14.8 Å². The summed E-state index contributed by atoms with van der Waals surface area (Å²) in [4.78, 5) is 0. The molecule has 0 atom stereocenters. The molecule has 0 aliphatic heterocycles. The van der Waals surface area contributed by atoms with Crippen LogP contribution in [0, 0.1) is 0 Å². The Morgan fingerprint density at radius 2 is 0.714 bits per heavy atom. The molecular formula is C60H39N3. The third kappa shape index (κ3) is 5.46. The molecule has 10 aromatic carbocycles. The molecule has 0 spiro atoms. The summed E-state index contributed by atoms with van der Waals surface area (Å²) in [6.45, 7) is 0. The first-order valence-electron chi connectivity index (χ1n) is 30.9. The van der Waals surface area contributed by atoms with Gasteiger partial charge < -0.3 is 13.7 Å². The lowest BCUT2D eigenvalue weighted by atomic mass is 9.95. The predicted octanol–water partition coefficient (Wildman–Crippen LogP) is 16.0. The van der Waals surface area contributed by atoms with Crippen molar-refractivity contribution in [2.24, 2.45) is 0 Å². The molecule has 3 heteroatoms. The highest BCUT2D eigenvalue weighted by Crippen LogP contribution is 2.44. The van der Waals surface area contributed by atoms with Gasteiger partial charge in [-0.05, 0) is 99.9 Å². The van der Waals surface area contributed by atoms with E-state index in [1.807, 2.05) is 91.0 Å². The van der Waals surface area contributed by atoms with Crippen LogP contribution < -0.4 is 0 Å². The highest BCUT2D eigenvalue weighted by molar-refractivity contribution is 6.18. The lowest BCUT2D eigenvalue weighted by molar-refractivity contribution is 1.14. The zero-order valence-corrected chi connectivity index (χ0v) is 32.7. The van der Waals surface area contributed by atoms with Crippen molar-refractivity contribution in [1.82, 2.24) is 13.7 Å². The van der Waals surface area contributed by atoms with Crippen LogP contribution >= 0.6 is 0 Å². The molecule has 13 rings (SSSR count). The monoisotopic (exact) mass is 823 g/mol. The van der Waals surface area contributed by atoms with Gasteiger partial charge in [-0.1, -0.05) is 169 Å². The molecule has 63 heavy (non-hydrogen) atoms. The second-order valence-corrected chi connectivity index (χ2v) is 14.9. The number of aromatic nitrogens is 3. The van der Waals surface area contributed by atoms with Crippen LogP contribution in [-0.2, 0) is 0 Å². The maximum absolute atomic E-state index is 10.1. The minimum atomic E-state index is -0.938. The number of benzene rings is 10. The summed E-state index contributed by atoms with van der Waals surface area (Å²) >= 11 is 0. The van der Waals surface area contributed by atoms with Crippen molar-refractivity contribution >= 4 is 65.4 Å². The van der Waals surface area contributed by atoms with E-state index in [1.165, 1.54) is 4.57 Å². The Morgan fingerprint density at radius 3 is 1.37 bits per heavy atom. The number of para-hydroxylation sites is 5. The molecule has 294 valence electrons. The molecule has 0 N–H and O–H groups in total. The fraction of sp³-hybridized carbons (Fsp3) is 0. The lowest BCUT2D eigenvalue weighted by Gasteiger charge is -2.16. The van der Waals surface area contributed by atoms with E-state index >= 15 is 0 Å². The van der Waals surface area contributed by atoms with Gasteiger partial charge in [0.25, 0.3) is 0 Å². The van der Waals surface area contributed by atoms with Crippen molar-refractivity contribution in [3.8, 4) is 50.4 Å². The number of hydrogen-bond acceptors (Lipinski definition) is 0. The Kier molecular flexibility index (Phi) is 4.47. The van der Waals surface area contributed by atoms with E-state index in [0.29, 0.717) is 22.3 Å². The molecule has 0 aliphatic carbocycles. The number of rotatable bonds is 6. The molecule has 0 aliphatic rings. The largest absolute Gasteiger partial charge is 0.309 e. The average Bonchev–Trinajstić information content (AvgIpc) is 1.55. The van der Waals surface area contributed by atoms with Crippen LogP contribution in [-0.4, -0.2) is 13.7 Å². The summed E-state index contributed by atoms with van der Waals surface area (Å²) in [5.74, 6) is 0. The van der Waals surface area contributed by atoms with Gasteiger partial charge in [-0.2, -0.15) is 0 Å². The zero-order valence-electron chi connectivity index (χ0n) is 54.7. The molecule has 13 aromatic rings. The predicted molar refractivity (Wildman–Crippen MR) is 266 cm³/mol. The number of nitrogens with zero attached hydrogens (tertiary/aromatic N) is 3. The Morgan fingerprint density at radius 1 is 0.286 bits per heavy atom. The van der Waals surface area contributed by atoms with Crippen LogP contribution in [0.3, 0.4) is 0 Å². The van der Waals surface area contributed by atoms with Crippen molar-refractivity contribution in [2.75, 3.05) is 0 Å². The fourth-order valence-electron chi connectivity index (χ4n) is 8.78. The van der Waals surface area contributed by atoms with Crippen LogP contribution in [0.2, 0.25) is 0 Å². The maximum Gasteiger partial charge on any atom is 0.0782 e. The summed E-state index contributed by atoms with van der Waals surface area (Å²) in [6.07, 6.45) is 0. The van der Waals surface area contributed by atoms with Gasteiger partial charge in [-0.3, -0.25) is 0 Å². The van der Waals surface area contributed by atoms with Gasteiger partial charge >= 0.3 is 0 Å². The summed E-state index contributed by atoms with van der Waals surface area (Å²) in [5, 5.41) is -2.63. The highest BCUT2D eigenvalue weighted by atomic mass is 15.1. The van der Waals surface area contributed by atoms with E-state index in [9.17, 15) is 20.6 Å². The van der Waals surface area contributed by atoms with Crippen LogP contribution in [0.1, 0.15) is 30.2 Å². The molecule has 0 unspecified atom stereocenters. The average molecular weight is 824 g/mol. The maximum atomic E-state index is 10.1. The fourth-order valence-corrected chi connectivity index (χ4v) is 8.78. The van der Waals surface area contributed by atoms with Gasteiger partial charge in [0, 0.05) is 38.0 Å². The van der Waals surface area contributed by atoms with Gasteiger partial charge in [0.2, 0.25) is 0 Å². The van der Waals surface area contributed by atoms with E-state index in [-0.39, 0.29) is 27.5 Å². The molecule has 0 fully saturated rings. The second-order valence-electron chi connectivity index (χ2n) is 14.9. The zero-order chi connectivity index (χ0) is 60.6. The standard InChI is InChI=1S/C60H39N3/c1-3-18-40(19-4-1)42-22-15-23-43(36-42)45-37-44(41-20-5-2-6-21-41)38-46(39-45)61-55-32-14-10-27-51(55)59-56(61)33-17-34-57(59)63-54-31-13-9-26-49(54)50-28-16-35-58(60(50)63)62-52-29-11-7-24-47(52)48-25-8-12-30-53(48)62/h1-39H/i7D,8D,9D,10D,11D,12D,13D,14D,16D,17D,24D,25D,26D,27D,28D,29D,30D,31D,32D,33D,34D,35D. The van der Waals surface area contributed by atoms with Crippen LogP contribution in [0.25, 0.3) is 116 Å². The van der Waals surface area contributed by atoms with Crippen molar-refractivity contribution in [2.45, 2.75) is 0 Å². The van der Waals surface area contributed by atoms with E-state index in [1.54, 1.807) is 12.1 Å². The van der Waals surface area contributed by atoms with E-state index in [4.69, 9.17) is 9.60 Å². The first kappa shape index (κ1) is 20.0. The molecule has 0 bridgehead atoms. The summed E-state index contributed by atoms with van der Waals surface area (Å²) < 4.78 is 210. The molecule has 0 saturated heterocycles. The smallest absolute Gasteiger partial charge is 0.0782 e. The SMILES string of the molecule is [2H]c1c([2H])c([2H])c2c(c1[2H])c1c(-n3c4c([2H])c([2H])c([2H])c([2H])c4c4c([2H])c([2H])c([2H])c(-n5c6c([2H])c([2H])c([2H])c([2H])c6c6c([2H])c([2H])c([2H])c([2H])c65)c43)c([2H])c([2H])c([2H])c1n2-c1cc(-c2ccccc2)cc(-c2cccc(-c3ccccc3)c2)c1. The van der Waals surface area contributed by atoms with Gasteiger partial charge in [0.1, 0.15) is 0 Å². The number of fused-ring (bicyclic) bond motifs is 9. The van der Waals surface area contributed by atoms with Crippen molar-refractivity contribution in [3.05, 3.63) is 236 Å². The molecule has 0 radical (unpaired) electrons. The van der Waals surface area contributed by atoms with Gasteiger partial charge in [0.15, 0.2) is 0 Å². The molecule has 0 saturated carbocycles. The molecule has 3 heterocycles. The van der Waals surface area contributed by atoms with E-state index < -0.39 is 188 Å². The Hall–Kier alpha value is -8.40. The van der Waals surface area contributed by atoms with Crippen molar-refractivity contribution < 1.29 is 30.2 Å². The third-order valence-corrected chi connectivity index (χ3v) is 11.5. The molecule has 3 nitrogen and oxygen atoms in total. The molecular weight excluding hydrogens is 763 g/mol. The minimum Gasteiger partial charge on any atom is -0.309 e.